The van der Waals surface area contributed by atoms with Crippen LogP contribution >= 0.6 is 15.9 Å². The van der Waals surface area contributed by atoms with Crippen molar-refractivity contribution in [3.8, 4) is 0 Å². The van der Waals surface area contributed by atoms with Crippen LogP contribution < -0.4 is 10.2 Å². The van der Waals surface area contributed by atoms with E-state index in [0.717, 1.165) is 42.1 Å². The first-order valence-electron chi connectivity index (χ1n) is 7.73. The van der Waals surface area contributed by atoms with Gasteiger partial charge in [0, 0.05) is 42.3 Å². The van der Waals surface area contributed by atoms with Gasteiger partial charge in [-0.15, -0.1) is 0 Å². The first-order chi connectivity index (χ1) is 10.9. The third kappa shape index (κ3) is 2.70. The lowest BCUT2D eigenvalue weighted by molar-refractivity contribution is -0.383. The topological polar surface area (TPSA) is 76.2 Å². The first-order valence-corrected chi connectivity index (χ1v) is 8.52. The van der Waals surface area contributed by atoms with Crippen LogP contribution in [0.25, 0.3) is 11.0 Å². The van der Waals surface area contributed by atoms with Gasteiger partial charge in [0.1, 0.15) is 0 Å². The molecule has 2 aromatic rings. The molecule has 1 aliphatic heterocycles. The molecule has 0 bridgehead atoms. The number of nitrogens with one attached hydrogen (secondary N) is 1. The summed E-state index contributed by atoms with van der Waals surface area (Å²) in [5.41, 5.74) is 1.98. The maximum Gasteiger partial charge on any atom is 0.301 e. The van der Waals surface area contributed by atoms with E-state index in [-0.39, 0.29) is 16.7 Å². The number of nitrogens with zero attached hydrogens (tertiary/aromatic N) is 4. The molecule has 0 amide bonds. The summed E-state index contributed by atoms with van der Waals surface area (Å²) in [5.74, 6) is 0.817. The zero-order valence-corrected chi connectivity index (χ0v) is 15.1. The molecule has 0 unspecified atom stereocenters. The number of anilines is 1. The molecule has 124 valence electrons. The number of rotatable bonds is 3. The highest BCUT2D eigenvalue weighted by Crippen LogP contribution is 2.38. The number of piperazine rings is 1. The third-order valence-electron chi connectivity index (χ3n) is 4.23. The molecule has 1 N–H and O–H groups in total. The molecule has 0 atom stereocenters. The Morgan fingerprint density at radius 2 is 2.04 bits per heavy atom. The summed E-state index contributed by atoms with van der Waals surface area (Å²) in [7, 11) is 0. The van der Waals surface area contributed by atoms with Crippen LogP contribution in [0.5, 0.6) is 0 Å². The van der Waals surface area contributed by atoms with Gasteiger partial charge in [-0.1, -0.05) is 15.9 Å². The Balaban J connectivity index is 2.30. The zero-order chi connectivity index (χ0) is 16.7. The molecule has 1 aliphatic rings. The van der Waals surface area contributed by atoms with Gasteiger partial charge < -0.3 is 14.8 Å². The first kappa shape index (κ1) is 16.2. The smallest absolute Gasteiger partial charge is 0.301 e. The minimum Gasteiger partial charge on any atom is -0.340 e. The molecule has 1 aromatic heterocycles. The highest BCUT2D eigenvalue weighted by molar-refractivity contribution is 9.10. The van der Waals surface area contributed by atoms with Crippen molar-refractivity contribution in [1.82, 2.24) is 14.9 Å². The minimum atomic E-state index is -0.332. The summed E-state index contributed by atoms with van der Waals surface area (Å²) in [6.45, 7) is 9.39. The number of nitro benzene ring substituents is 1. The van der Waals surface area contributed by atoms with Gasteiger partial charge in [-0.25, -0.2) is 4.98 Å². The van der Waals surface area contributed by atoms with Gasteiger partial charge >= 0.3 is 5.69 Å². The molecular formula is C15H20BrN5O2. The van der Waals surface area contributed by atoms with Gasteiger partial charge in [-0.2, -0.15) is 0 Å². The van der Waals surface area contributed by atoms with E-state index in [9.17, 15) is 10.1 Å². The summed E-state index contributed by atoms with van der Waals surface area (Å²) >= 11 is 3.45. The third-order valence-corrected chi connectivity index (χ3v) is 5.05. The largest absolute Gasteiger partial charge is 0.340 e. The van der Waals surface area contributed by atoms with Gasteiger partial charge in [0.15, 0.2) is 5.52 Å². The van der Waals surface area contributed by atoms with E-state index in [1.165, 1.54) is 0 Å². The molecular weight excluding hydrogens is 362 g/mol. The Bertz CT molecular complexity index is 765. The SMILES string of the molecule is Cc1c(Br)cc2c(nc(N3CCNCC3)n2C(C)C)c1[N+](=O)[O-]. The van der Waals surface area contributed by atoms with E-state index in [4.69, 9.17) is 0 Å². The van der Waals surface area contributed by atoms with Crippen LogP contribution in [-0.4, -0.2) is 40.7 Å². The number of nitro groups is 1. The van der Waals surface area contributed by atoms with Crippen LogP contribution in [0.2, 0.25) is 0 Å². The van der Waals surface area contributed by atoms with E-state index in [1.54, 1.807) is 6.92 Å². The average Bonchev–Trinajstić information content (AvgIpc) is 2.87. The summed E-state index contributed by atoms with van der Waals surface area (Å²) < 4.78 is 2.84. The molecule has 7 nitrogen and oxygen atoms in total. The second kappa shape index (κ2) is 6.09. The lowest BCUT2D eigenvalue weighted by Gasteiger charge is -2.29. The van der Waals surface area contributed by atoms with Gasteiger partial charge in [-0.3, -0.25) is 10.1 Å². The molecule has 2 heterocycles. The number of imidazole rings is 1. The van der Waals surface area contributed by atoms with E-state index in [0.29, 0.717) is 11.1 Å². The van der Waals surface area contributed by atoms with Crippen molar-refractivity contribution in [2.75, 3.05) is 31.1 Å². The summed E-state index contributed by atoms with van der Waals surface area (Å²) in [5, 5.41) is 14.9. The van der Waals surface area contributed by atoms with E-state index >= 15 is 0 Å². The van der Waals surface area contributed by atoms with Gasteiger partial charge in [0.05, 0.1) is 10.4 Å². The lowest BCUT2D eigenvalue weighted by Crippen LogP contribution is -2.44. The monoisotopic (exact) mass is 381 g/mol. The van der Waals surface area contributed by atoms with E-state index in [1.807, 2.05) is 6.07 Å². The molecule has 3 rings (SSSR count). The van der Waals surface area contributed by atoms with Crippen LogP contribution in [-0.2, 0) is 0 Å². The highest BCUT2D eigenvalue weighted by Gasteiger charge is 2.28. The lowest BCUT2D eigenvalue weighted by atomic mass is 10.1. The van der Waals surface area contributed by atoms with Crippen molar-refractivity contribution in [2.45, 2.75) is 26.8 Å². The standard InChI is InChI=1S/C15H20BrN5O2/c1-9(2)20-12-8-11(16)10(3)14(21(22)23)13(12)18-15(20)19-6-4-17-5-7-19/h8-9,17H,4-7H2,1-3H3. The maximum absolute atomic E-state index is 11.6. The van der Waals surface area contributed by atoms with Crippen molar-refractivity contribution in [2.24, 2.45) is 0 Å². The fraction of sp³-hybridized carbons (Fsp3) is 0.533. The predicted molar refractivity (Wildman–Crippen MR) is 94.3 cm³/mol. The van der Waals surface area contributed by atoms with Gasteiger partial charge in [-0.05, 0) is 26.8 Å². The van der Waals surface area contributed by atoms with Gasteiger partial charge in [0.2, 0.25) is 5.95 Å². The second-order valence-corrected chi connectivity index (χ2v) is 6.92. The molecule has 1 saturated heterocycles. The van der Waals surface area contributed by atoms with Crippen LogP contribution in [0, 0.1) is 17.0 Å². The van der Waals surface area contributed by atoms with Crippen LogP contribution in [0.1, 0.15) is 25.5 Å². The fourth-order valence-electron chi connectivity index (χ4n) is 3.08. The highest BCUT2D eigenvalue weighted by atomic mass is 79.9. The Hall–Kier alpha value is -1.67. The minimum absolute atomic E-state index is 0.0881. The van der Waals surface area contributed by atoms with Crippen LogP contribution in [0.3, 0.4) is 0 Å². The quantitative estimate of drug-likeness (QED) is 0.653. The number of fused-ring (bicyclic) bond motifs is 1. The van der Waals surface area contributed by atoms with Crippen molar-refractivity contribution in [3.63, 3.8) is 0 Å². The number of aromatic nitrogens is 2. The number of halogens is 1. The van der Waals surface area contributed by atoms with Crippen molar-refractivity contribution in [3.05, 3.63) is 26.2 Å². The average molecular weight is 382 g/mol. The molecule has 1 fully saturated rings. The summed E-state index contributed by atoms with van der Waals surface area (Å²) in [6, 6.07) is 2.11. The maximum atomic E-state index is 11.6. The molecule has 8 heteroatoms. The molecule has 0 saturated carbocycles. The fourth-order valence-corrected chi connectivity index (χ4v) is 3.49. The number of benzene rings is 1. The molecule has 0 radical (unpaired) electrons. The second-order valence-electron chi connectivity index (χ2n) is 6.07. The van der Waals surface area contributed by atoms with Crippen molar-refractivity contribution in [1.29, 1.82) is 0 Å². The summed E-state index contributed by atoms with van der Waals surface area (Å²) in [6.07, 6.45) is 0. The normalized spacial score (nSPS) is 15.6. The van der Waals surface area contributed by atoms with Crippen molar-refractivity contribution < 1.29 is 4.92 Å². The molecule has 23 heavy (non-hydrogen) atoms. The van der Waals surface area contributed by atoms with Crippen molar-refractivity contribution >= 4 is 38.6 Å². The molecule has 0 spiro atoms. The molecule has 1 aromatic carbocycles. The Labute approximate surface area is 142 Å². The Morgan fingerprint density at radius 3 is 2.61 bits per heavy atom. The van der Waals surface area contributed by atoms with Gasteiger partial charge in [0.25, 0.3) is 0 Å². The van der Waals surface area contributed by atoms with Crippen LogP contribution in [0.4, 0.5) is 11.6 Å². The predicted octanol–water partition coefficient (Wildman–Crippen LogP) is 3.01. The number of hydrogen-bond acceptors (Lipinski definition) is 5. The van der Waals surface area contributed by atoms with E-state index < -0.39 is 0 Å². The van der Waals surface area contributed by atoms with E-state index in [2.05, 4.69) is 49.5 Å². The Kier molecular flexibility index (Phi) is 4.29. The zero-order valence-electron chi connectivity index (χ0n) is 13.5. The molecule has 0 aliphatic carbocycles. The van der Waals surface area contributed by atoms with Crippen LogP contribution in [0.15, 0.2) is 10.5 Å². The summed E-state index contributed by atoms with van der Waals surface area (Å²) in [4.78, 5) is 18.1. The Morgan fingerprint density at radius 1 is 1.39 bits per heavy atom. The number of hydrogen-bond donors (Lipinski definition) is 1.